The number of rotatable bonds is 5. The standard InChI is InChI=1S/C9H15N3OS2/c1-2-3-4-10-8(14)11-5-7-6-15-9(13)12-7/h6H,2-5H2,1H3,(H,12,13)(H2,10,11,14). The van der Waals surface area contributed by atoms with Crippen LogP contribution in [0, 0.1) is 0 Å². The number of hydrogen-bond acceptors (Lipinski definition) is 3. The Balaban J connectivity index is 2.19. The lowest BCUT2D eigenvalue weighted by Crippen LogP contribution is -2.35. The molecule has 0 aliphatic rings. The highest BCUT2D eigenvalue weighted by Gasteiger charge is 1.97. The van der Waals surface area contributed by atoms with Crippen LogP contribution >= 0.6 is 23.6 Å². The normalized spacial score (nSPS) is 9.93. The van der Waals surface area contributed by atoms with E-state index in [-0.39, 0.29) is 4.87 Å². The quantitative estimate of drug-likeness (QED) is 0.539. The topological polar surface area (TPSA) is 56.9 Å². The van der Waals surface area contributed by atoms with Crippen LogP contribution in [0.4, 0.5) is 0 Å². The molecule has 0 fully saturated rings. The molecule has 0 atom stereocenters. The van der Waals surface area contributed by atoms with E-state index in [1.165, 1.54) is 0 Å². The maximum atomic E-state index is 10.8. The number of unbranched alkanes of at least 4 members (excludes halogenated alkanes) is 1. The van der Waals surface area contributed by atoms with E-state index in [0.29, 0.717) is 11.7 Å². The molecule has 0 aliphatic heterocycles. The molecule has 84 valence electrons. The van der Waals surface area contributed by atoms with Crippen LogP contribution in [-0.2, 0) is 6.54 Å². The van der Waals surface area contributed by atoms with Crippen LogP contribution in [0.15, 0.2) is 10.2 Å². The monoisotopic (exact) mass is 245 g/mol. The molecule has 1 rings (SSSR count). The Bertz CT molecular complexity index is 358. The second-order valence-corrected chi connectivity index (χ2v) is 4.39. The van der Waals surface area contributed by atoms with E-state index in [9.17, 15) is 4.79 Å². The number of aromatic nitrogens is 1. The summed E-state index contributed by atoms with van der Waals surface area (Å²) in [4.78, 5) is 13.5. The molecule has 1 aromatic rings. The number of thiazole rings is 1. The van der Waals surface area contributed by atoms with E-state index in [1.54, 1.807) is 5.38 Å². The van der Waals surface area contributed by atoms with Crippen molar-refractivity contribution in [3.63, 3.8) is 0 Å². The lowest BCUT2D eigenvalue weighted by atomic mass is 10.3. The van der Waals surface area contributed by atoms with Gasteiger partial charge in [-0.1, -0.05) is 24.7 Å². The van der Waals surface area contributed by atoms with Gasteiger partial charge in [0.25, 0.3) is 0 Å². The predicted octanol–water partition coefficient (Wildman–Crippen LogP) is 1.20. The lowest BCUT2D eigenvalue weighted by molar-refractivity contribution is 0.736. The van der Waals surface area contributed by atoms with Gasteiger partial charge in [-0.3, -0.25) is 4.79 Å². The van der Waals surface area contributed by atoms with Gasteiger partial charge < -0.3 is 15.6 Å². The van der Waals surface area contributed by atoms with Gasteiger partial charge in [-0.25, -0.2) is 0 Å². The number of hydrogen-bond donors (Lipinski definition) is 3. The summed E-state index contributed by atoms with van der Waals surface area (Å²) >= 11 is 6.23. The van der Waals surface area contributed by atoms with E-state index in [4.69, 9.17) is 12.2 Å². The third-order valence-corrected chi connectivity index (χ3v) is 2.83. The summed E-state index contributed by atoms with van der Waals surface area (Å²) in [5, 5.41) is 8.55. The van der Waals surface area contributed by atoms with Gasteiger partial charge in [0.1, 0.15) is 0 Å². The third kappa shape index (κ3) is 4.94. The van der Waals surface area contributed by atoms with Crippen molar-refractivity contribution in [2.45, 2.75) is 26.3 Å². The first-order valence-electron chi connectivity index (χ1n) is 4.90. The van der Waals surface area contributed by atoms with Gasteiger partial charge in [0.15, 0.2) is 5.11 Å². The summed E-state index contributed by atoms with van der Waals surface area (Å²) in [6, 6.07) is 0. The Kier molecular flexibility index (Phi) is 5.34. The van der Waals surface area contributed by atoms with Crippen molar-refractivity contribution < 1.29 is 0 Å². The third-order valence-electron chi connectivity index (χ3n) is 1.83. The van der Waals surface area contributed by atoms with Gasteiger partial charge in [-0.2, -0.15) is 0 Å². The minimum absolute atomic E-state index is 0.0309. The second kappa shape index (κ2) is 6.58. The molecule has 0 saturated heterocycles. The summed E-state index contributed by atoms with van der Waals surface area (Å²) in [6.45, 7) is 3.59. The maximum absolute atomic E-state index is 10.8. The molecule has 0 saturated carbocycles. The lowest BCUT2D eigenvalue weighted by Gasteiger charge is -2.08. The Morgan fingerprint density at radius 1 is 1.60 bits per heavy atom. The average Bonchev–Trinajstić information content (AvgIpc) is 2.62. The summed E-state index contributed by atoms with van der Waals surface area (Å²) < 4.78 is 0. The van der Waals surface area contributed by atoms with Crippen molar-refractivity contribution >= 4 is 28.7 Å². The molecule has 0 bridgehead atoms. The highest BCUT2D eigenvalue weighted by Crippen LogP contribution is 1.94. The summed E-state index contributed by atoms with van der Waals surface area (Å²) in [7, 11) is 0. The SMILES string of the molecule is CCCCNC(=S)NCc1csc(=O)[nH]1. The van der Waals surface area contributed by atoms with Gasteiger partial charge in [-0.05, 0) is 18.6 Å². The second-order valence-electron chi connectivity index (χ2n) is 3.14. The molecule has 3 N–H and O–H groups in total. The van der Waals surface area contributed by atoms with Crippen LogP contribution in [0.3, 0.4) is 0 Å². The Morgan fingerprint density at radius 3 is 3.00 bits per heavy atom. The Morgan fingerprint density at radius 2 is 2.40 bits per heavy atom. The number of thiocarbonyl (C=S) groups is 1. The van der Waals surface area contributed by atoms with Gasteiger partial charge in [-0.15, -0.1) is 0 Å². The van der Waals surface area contributed by atoms with Crippen LogP contribution in [0.25, 0.3) is 0 Å². The first kappa shape index (κ1) is 12.2. The van der Waals surface area contributed by atoms with Crippen molar-refractivity contribution in [2.24, 2.45) is 0 Å². The molecule has 0 spiro atoms. The molecule has 0 aromatic carbocycles. The zero-order valence-corrected chi connectivity index (χ0v) is 10.3. The van der Waals surface area contributed by atoms with E-state index in [0.717, 1.165) is 36.4 Å². The number of H-pyrrole nitrogens is 1. The number of aromatic amines is 1. The highest BCUT2D eigenvalue weighted by atomic mass is 32.1. The van der Waals surface area contributed by atoms with E-state index < -0.39 is 0 Å². The van der Waals surface area contributed by atoms with Gasteiger partial charge >= 0.3 is 4.87 Å². The van der Waals surface area contributed by atoms with Gasteiger partial charge in [0, 0.05) is 17.6 Å². The van der Waals surface area contributed by atoms with Gasteiger partial charge in [0.2, 0.25) is 0 Å². The summed E-state index contributed by atoms with van der Waals surface area (Å²) in [6.07, 6.45) is 2.25. The Labute approximate surface area is 98.1 Å². The minimum Gasteiger partial charge on any atom is -0.363 e. The zero-order valence-electron chi connectivity index (χ0n) is 8.63. The fraction of sp³-hybridized carbons (Fsp3) is 0.556. The van der Waals surface area contributed by atoms with Crippen molar-refractivity contribution in [3.8, 4) is 0 Å². The van der Waals surface area contributed by atoms with E-state index in [2.05, 4.69) is 22.5 Å². The molecule has 0 aliphatic carbocycles. The molecule has 0 amide bonds. The van der Waals surface area contributed by atoms with Crippen molar-refractivity contribution in [1.82, 2.24) is 15.6 Å². The molecular formula is C9H15N3OS2. The predicted molar refractivity (Wildman–Crippen MR) is 67.3 cm³/mol. The molecule has 0 unspecified atom stereocenters. The fourth-order valence-electron chi connectivity index (χ4n) is 1.02. The van der Waals surface area contributed by atoms with E-state index in [1.807, 2.05) is 0 Å². The molecule has 6 heteroatoms. The maximum Gasteiger partial charge on any atom is 0.304 e. The van der Waals surface area contributed by atoms with E-state index >= 15 is 0 Å². The smallest absolute Gasteiger partial charge is 0.304 e. The Hall–Kier alpha value is -0.880. The summed E-state index contributed by atoms with van der Waals surface area (Å²) in [5.41, 5.74) is 0.865. The van der Waals surface area contributed by atoms with Crippen molar-refractivity contribution in [1.29, 1.82) is 0 Å². The van der Waals surface area contributed by atoms with Crippen LogP contribution in [0.2, 0.25) is 0 Å². The first-order valence-corrected chi connectivity index (χ1v) is 6.19. The largest absolute Gasteiger partial charge is 0.363 e. The molecule has 1 heterocycles. The molecule has 1 aromatic heterocycles. The van der Waals surface area contributed by atoms with Crippen LogP contribution in [0.5, 0.6) is 0 Å². The van der Waals surface area contributed by atoms with Crippen molar-refractivity contribution in [3.05, 3.63) is 20.7 Å². The zero-order chi connectivity index (χ0) is 11.1. The molecule has 0 radical (unpaired) electrons. The first-order chi connectivity index (χ1) is 7.22. The molecule has 15 heavy (non-hydrogen) atoms. The van der Waals surface area contributed by atoms with Crippen molar-refractivity contribution in [2.75, 3.05) is 6.54 Å². The van der Waals surface area contributed by atoms with Crippen LogP contribution in [0.1, 0.15) is 25.5 Å². The minimum atomic E-state index is -0.0309. The molecular weight excluding hydrogens is 230 g/mol. The fourth-order valence-corrected chi connectivity index (χ4v) is 1.77. The average molecular weight is 245 g/mol. The summed E-state index contributed by atoms with van der Waals surface area (Å²) in [5.74, 6) is 0. The highest BCUT2D eigenvalue weighted by molar-refractivity contribution is 7.80. The van der Waals surface area contributed by atoms with Crippen LogP contribution in [-0.4, -0.2) is 16.6 Å². The number of nitrogens with one attached hydrogen (secondary N) is 3. The van der Waals surface area contributed by atoms with Crippen LogP contribution < -0.4 is 15.5 Å². The molecule has 4 nitrogen and oxygen atoms in total. The van der Waals surface area contributed by atoms with Gasteiger partial charge in [0.05, 0.1) is 6.54 Å².